The molecule has 1 heterocycles. The molecule has 0 unspecified atom stereocenters. The number of pyridine rings is 1. The second kappa shape index (κ2) is 10.7. The van der Waals surface area contributed by atoms with Gasteiger partial charge in [0.25, 0.3) is 10.1 Å². The van der Waals surface area contributed by atoms with Gasteiger partial charge in [0.2, 0.25) is 0 Å². The van der Waals surface area contributed by atoms with Gasteiger partial charge in [0.05, 0.1) is 17.6 Å². The number of benzene rings is 4. The van der Waals surface area contributed by atoms with Crippen LogP contribution in [0, 0.1) is 0 Å². The summed E-state index contributed by atoms with van der Waals surface area (Å²) in [5.41, 5.74) is 11.0. The van der Waals surface area contributed by atoms with Gasteiger partial charge in [-0.25, -0.2) is 0 Å². The molecule has 0 spiro atoms. The fourth-order valence-electron chi connectivity index (χ4n) is 3.94. The molecule has 0 saturated carbocycles. The van der Waals surface area contributed by atoms with Gasteiger partial charge >= 0.3 is 29.6 Å². The average Bonchev–Trinajstić information content (AvgIpc) is 2.88. The minimum absolute atomic E-state index is 0. The zero-order valence-electron chi connectivity index (χ0n) is 20.4. The summed E-state index contributed by atoms with van der Waals surface area (Å²) in [6, 6.07) is 29.6. The second-order valence-electron chi connectivity index (χ2n) is 7.84. The molecule has 0 aliphatic heterocycles. The van der Waals surface area contributed by atoms with Crippen molar-refractivity contribution < 1.29 is 44.0 Å². The number of anilines is 1. The number of fused-ring (bicyclic) bond motifs is 1. The van der Waals surface area contributed by atoms with Crippen molar-refractivity contribution in [2.24, 2.45) is 10.2 Å². The van der Waals surface area contributed by atoms with Gasteiger partial charge < -0.3 is 7.16 Å². The van der Waals surface area contributed by atoms with E-state index in [1.807, 2.05) is 42.5 Å². The summed E-state index contributed by atoms with van der Waals surface area (Å²) < 4.78 is 33.5. The van der Waals surface area contributed by atoms with Crippen molar-refractivity contribution in [2.45, 2.75) is 4.90 Å². The summed E-state index contributed by atoms with van der Waals surface area (Å²) >= 11 is 0. The summed E-state index contributed by atoms with van der Waals surface area (Å²) in [6.07, 6.45) is 1.58. The van der Waals surface area contributed by atoms with E-state index in [1.165, 1.54) is 6.07 Å². The van der Waals surface area contributed by atoms with Crippen molar-refractivity contribution >= 4 is 38.0 Å². The third kappa shape index (κ3) is 5.23. The first-order valence-electron chi connectivity index (χ1n) is 10.7. The fraction of sp³-hybridized carbons (Fsp3) is 0. The van der Waals surface area contributed by atoms with E-state index in [1.54, 1.807) is 36.5 Å². The Kier molecular flexibility index (Phi) is 7.63. The van der Waals surface area contributed by atoms with Gasteiger partial charge in [-0.05, 0) is 29.3 Å². The molecule has 3 N–H and O–H groups in total. The maximum Gasteiger partial charge on any atom is 1.00 e. The third-order valence-electron chi connectivity index (χ3n) is 5.61. The summed E-state index contributed by atoms with van der Waals surface area (Å²) in [4.78, 5) is 4.28. The molecule has 0 amide bonds. The van der Waals surface area contributed by atoms with Crippen molar-refractivity contribution in [2.75, 3.05) is 5.73 Å². The van der Waals surface area contributed by atoms with Crippen molar-refractivity contribution in [3.8, 4) is 22.4 Å². The Morgan fingerprint density at radius 3 is 2.08 bits per heavy atom. The van der Waals surface area contributed by atoms with Crippen LogP contribution in [0.5, 0.6) is 0 Å². The van der Waals surface area contributed by atoms with Gasteiger partial charge in [-0.1, -0.05) is 78.9 Å². The van der Waals surface area contributed by atoms with Crippen LogP contribution in [0.3, 0.4) is 0 Å². The molecule has 4 aromatic carbocycles. The van der Waals surface area contributed by atoms with Crippen molar-refractivity contribution in [3.63, 3.8) is 0 Å². The SMILES string of the molecule is Nc1c(N=Nc2ccc(-c3ccccc3-c3ccccc3)nc2)cc(S(=O)(=O)O)c2ccccc12.[H-].[Na+]. The van der Waals surface area contributed by atoms with Crippen LogP contribution in [0.2, 0.25) is 0 Å². The van der Waals surface area contributed by atoms with Crippen LogP contribution >= 0.6 is 0 Å². The van der Waals surface area contributed by atoms with Crippen LogP contribution < -0.4 is 35.3 Å². The second-order valence-corrected chi connectivity index (χ2v) is 9.23. The van der Waals surface area contributed by atoms with E-state index in [4.69, 9.17) is 5.73 Å². The number of aromatic nitrogens is 1. The number of hydrogen-bond donors (Lipinski definition) is 2. The van der Waals surface area contributed by atoms with Gasteiger partial charge in [0.15, 0.2) is 0 Å². The minimum atomic E-state index is -4.48. The fourth-order valence-corrected chi connectivity index (χ4v) is 4.66. The topological polar surface area (TPSA) is 118 Å². The van der Waals surface area contributed by atoms with Gasteiger partial charge in [0, 0.05) is 16.3 Å². The number of rotatable bonds is 5. The average molecular weight is 505 g/mol. The Morgan fingerprint density at radius 1 is 0.778 bits per heavy atom. The van der Waals surface area contributed by atoms with Crippen molar-refractivity contribution in [1.29, 1.82) is 0 Å². The molecule has 5 aromatic rings. The molecule has 0 bridgehead atoms. The van der Waals surface area contributed by atoms with E-state index < -0.39 is 10.1 Å². The predicted octanol–water partition coefficient (Wildman–Crippen LogP) is 3.93. The van der Waals surface area contributed by atoms with Crippen molar-refractivity contribution in [3.05, 3.63) is 103 Å². The minimum Gasteiger partial charge on any atom is -1.00 e. The van der Waals surface area contributed by atoms with Crippen LogP contribution in [0.4, 0.5) is 17.1 Å². The molecular weight excluding hydrogens is 483 g/mol. The molecular formula is C27H21N4NaO3S. The first kappa shape index (κ1) is 25.7. The molecule has 7 nitrogen and oxygen atoms in total. The zero-order valence-corrected chi connectivity index (χ0v) is 22.2. The van der Waals surface area contributed by atoms with E-state index in [0.717, 1.165) is 22.4 Å². The third-order valence-corrected chi connectivity index (χ3v) is 6.51. The predicted molar refractivity (Wildman–Crippen MR) is 139 cm³/mol. The molecule has 9 heteroatoms. The van der Waals surface area contributed by atoms with Crippen LogP contribution in [0.15, 0.2) is 118 Å². The summed E-state index contributed by atoms with van der Waals surface area (Å²) in [5, 5.41) is 9.12. The standard InChI is InChI=1S/C27H20N4O3S.Na.H/c28-27-23-13-7-6-12-22(23)26(35(32,33)34)16-25(27)31-30-19-14-15-24(29-17-19)21-11-5-4-10-20(21)18-8-2-1-3-9-18;;/h1-17H,28H2,(H,32,33,34);;/q;+1;-1. The smallest absolute Gasteiger partial charge is 1.00 e. The molecule has 5 rings (SSSR count). The number of nitrogens with two attached hydrogens (primary N) is 1. The Bertz CT molecular complexity index is 1680. The van der Waals surface area contributed by atoms with E-state index in [2.05, 4.69) is 33.4 Å². The first-order chi connectivity index (χ1) is 16.9. The normalized spacial score (nSPS) is 11.5. The molecule has 0 saturated heterocycles. The summed E-state index contributed by atoms with van der Waals surface area (Å²) in [5.74, 6) is 0. The molecule has 0 atom stereocenters. The number of nitrogens with zero attached hydrogens (tertiary/aromatic N) is 3. The Balaban J connectivity index is 0.00000190. The van der Waals surface area contributed by atoms with Crippen LogP contribution in [-0.4, -0.2) is 18.0 Å². The van der Waals surface area contributed by atoms with Crippen LogP contribution in [0.25, 0.3) is 33.2 Å². The molecule has 0 aliphatic rings. The Morgan fingerprint density at radius 2 is 1.42 bits per heavy atom. The first-order valence-corrected chi connectivity index (χ1v) is 12.2. The molecule has 1 aromatic heterocycles. The van der Waals surface area contributed by atoms with Gasteiger partial charge in [-0.15, -0.1) is 10.2 Å². The number of nitrogen functional groups attached to an aromatic ring is 1. The Hall–Kier alpha value is -3.40. The maximum atomic E-state index is 11.9. The van der Waals surface area contributed by atoms with E-state index in [9.17, 15) is 13.0 Å². The van der Waals surface area contributed by atoms with Gasteiger partial charge in [0.1, 0.15) is 16.3 Å². The van der Waals surface area contributed by atoms with Crippen LogP contribution in [-0.2, 0) is 10.1 Å². The van der Waals surface area contributed by atoms with Gasteiger partial charge in [-0.2, -0.15) is 8.42 Å². The summed E-state index contributed by atoms with van der Waals surface area (Å²) in [6.45, 7) is 0. The van der Waals surface area contributed by atoms with E-state index in [-0.39, 0.29) is 47.3 Å². The number of hydrogen-bond acceptors (Lipinski definition) is 6. The quantitative estimate of drug-likeness (QED) is 0.163. The Labute approximate surface area is 232 Å². The molecule has 174 valence electrons. The van der Waals surface area contributed by atoms with E-state index >= 15 is 0 Å². The van der Waals surface area contributed by atoms with Crippen LogP contribution in [0.1, 0.15) is 1.43 Å². The van der Waals surface area contributed by atoms with Gasteiger partial charge in [-0.3, -0.25) is 9.54 Å². The maximum absolute atomic E-state index is 11.9. The summed E-state index contributed by atoms with van der Waals surface area (Å²) in [7, 11) is -4.48. The molecule has 0 radical (unpaired) electrons. The van der Waals surface area contributed by atoms with E-state index in [0.29, 0.717) is 16.5 Å². The zero-order chi connectivity index (χ0) is 24.4. The largest absolute Gasteiger partial charge is 1.00 e. The molecule has 0 fully saturated rings. The number of azo groups is 1. The molecule has 36 heavy (non-hydrogen) atoms. The van der Waals surface area contributed by atoms with Crippen molar-refractivity contribution in [1.82, 2.24) is 4.98 Å². The monoisotopic (exact) mass is 504 g/mol. The molecule has 0 aliphatic carbocycles.